The molecule has 5 nitrogen and oxygen atoms in total. The van der Waals surface area contributed by atoms with Crippen molar-refractivity contribution in [2.24, 2.45) is 0 Å². The van der Waals surface area contributed by atoms with E-state index in [2.05, 4.69) is 4.98 Å². The fraction of sp³-hybridized carbons (Fsp3) is 0.100. The number of fused-ring (bicyclic) bond motifs is 1. The molecule has 126 valence electrons. The number of phenolic OH excluding ortho intramolecular Hbond substituents is 1. The van der Waals surface area contributed by atoms with Crippen molar-refractivity contribution in [3.8, 4) is 11.5 Å². The SMILES string of the molecule is COc1ccc(/C=C(\C)C(=O)c2cc(=O)[nH]c3ccccc23)cc1O. The second kappa shape index (κ2) is 6.65. The summed E-state index contributed by atoms with van der Waals surface area (Å²) < 4.78 is 5.01. The number of nitrogens with one attached hydrogen (secondary N) is 1. The van der Waals surface area contributed by atoms with Gasteiger partial charge in [-0.15, -0.1) is 0 Å². The van der Waals surface area contributed by atoms with Gasteiger partial charge in [-0.3, -0.25) is 9.59 Å². The molecule has 2 N–H and O–H groups in total. The molecule has 5 heteroatoms. The van der Waals surface area contributed by atoms with E-state index in [0.717, 1.165) is 0 Å². The van der Waals surface area contributed by atoms with Crippen LogP contribution in [0.25, 0.3) is 17.0 Å². The maximum absolute atomic E-state index is 12.8. The number of H-pyrrole nitrogens is 1. The zero-order valence-electron chi connectivity index (χ0n) is 13.9. The predicted molar refractivity (Wildman–Crippen MR) is 97.2 cm³/mol. The number of phenols is 1. The molecule has 1 aromatic heterocycles. The number of hydrogen-bond donors (Lipinski definition) is 2. The van der Waals surface area contributed by atoms with Crippen molar-refractivity contribution in [1.29, 1.82) is 0 Å². The van der Waals surface area contributed by atoms with Crippen molar-refractivity contribution >= 4 is 22.8 Å². The molecule has 0 bridgehead atoms. The number of aromatic nitrogens is 1. The van der Waals surface area contributed by atoms with Gasteiger partial charge in [-0.2, -0.15) is 0 Å². The van der Waals surface area contributed by atoms with Crippen LogP contribution in [0, 0.1) is 0 Å². The number of Topliss-reactive ketones (excluding diaryl/α,β-unsaturated/α-hetero) is 1. The number of benzene rings is 2. The number of methoxy groups -OCH3 is 1. The number of aromatic hydroxyl groups is 1. The Hall–Kier alpha value is -3.34. The van der Waals surface area contributed by atoms with Gasteiger partial charge in [-0.05, 0) is 42.3 Å². The van der Waals surface area contributed by atoms with Gasteiger partial charge in [0, 0.05) is 22.5 Å². The lowest BCUT2D eigenvalue weighted by Gasteiger charge is -2.07. The van der Waals surface area contributed by atoms with Gasteiger partial charge in [0.25, 0.3) is 0 Å². The number of carbonyl (C=O) groups is 1. The Labute approximate surface area is 144 Å². The van der Waals surface area contributed by atoms with Crippen molar-refractivity contribution < 1.29 is 14.6 Å². The van der Waals surface area contributed by atoms with Crippen LogP contribution in [0.1, 0.15) is 22.8 Å². The number of pyridine rings is 1. The van der Waals surface area contributed by atoms with Crippen LogP contribution in [0.5, 0.6) is 11.5 Å². The molecule has 0 unspecified atom stereocenters. The molecule has 0 aliphatic rings. The molecule has 0 saturated carbocycles. The number of carbonyl (C=O) groups excluding carboxylic acids is 1. The van der Waals surface area contributed by atoms with Crippen molar-refractivity contribution in [1.82, 2.24) is 4.98 Å². The Bertz CT molecular complexity index is 1050. The lowest BCUT2D eigenvalue weighted by Crippen LogP contribution is -2.11. The highest BCUT2D eigenvalue weighted by atomic mass is 16.5. The van der Waals surface area contributed by atoms with Crippen molar-refractivity contribution in [3.63, 3.8) is 0 Å². The molecule has 0 radical (unpaired) electrons. The third-order valence-electron chi connectivity index (χ3n) is 3.94. The van der Waals surface area contributed by atoms with Gasteiger partial charge < -0.3 is 14.8 Å². The molecular weight excluding hydrogens is 318 g/mol. The van der Waals surface area contributed by atoms with E-state index < -0.39 is 0 Å². The summed E-state index contributed by atoms with van der Waals surface area (Å²) in [5.41, 5.74) is 1.77. The number of hydrogen-bond acceptors (Lipinski definition) is 4. The lowest BCUT2D eigenvalue weighted by atomic mass is 9.99. The molecule has 3 aromatic rings. The van der Waals surface area contributed by atoms with Crippen LogP contribution in [-0.2, 0) is 0 Å². The maximum atomic E-state index is 12.8. The molecule has 0 saturated heterocycles. The highest BCUT2D eigenvalue weighted by Crippen LogP contribution is 2.27. The number of allylic oxidation sites excluding steroid dienone is 1. The first-order valence-corrected chi connectivity index (χ1v) is 7.71. The molecule has 0 atom stereocenters. The van der Waals surface area contributed by atoms with Crippen LogP contribution in [0.15, 0.2) is 58.9 Å². The molecule has 0 aliphatic carbocycles. The average molecular weight is 335 g/mol. The van der Waals surface area contributed by atoms with E-state index in [1.165, 1.54) is 19.2 Å². The monoisotopic (exact) mass is 335 g/mol. The normalized spacial score (nSPS) is 11.5. The van der Waals surface area contributed by atoms with Crippen molar-refractivity contribution in [3.05, 3.63) is 75.6 Å². The topological polar surface area (TPSA) is 79.4 Å². The molecule has 0 aliphatic heterocycles. The number of aromatic amines is 1. The number of rotatable bonds is 4. The Morgan fingerprint density at radius 2 is 1.92 bits per heavy atom. The van der Waals surface area contributed by atoms with Gasteiger partial charge in [-0.25, -0.2) is 0 Å². The van der Waals surface area contributed by atoms with Gasteiger partial charge in [0.05, 0.1) is 7.11 Å². The number of ketones is 1. The minimum Gasteiger partial charge on any atom is -0.504 e. The van der Waals surface area contributed by atoms with E-state index in [1.54, 1.807) is 43.3 Å². The fourth-order valence-corrected chi connectivity index (χ4v) is 2.72. The first-order valence-electron chi connectivity index (χ1n) is 7.71. The van der Waals surface area contributed by atoms with Crippen molar-refractivity contribution in [2.45, 2.75) is 6.92 Å². The molecule has 0 spiro atoms. The summed E-state index contributed by atoms with van der Waals surface area (Å²) in [6, 6.07) is 13.4. The third kappa shape index (κ3) is 3.30. The summed E-state index contributed by atoms with van der Waals surface area (Å²) in [6.45, 7) is 1.68. The second-order valence-corrected chi connectivity index (χ2v) is 5.68. The van der Waals surface area contributed by atoms with Crippen LogP contribution in [-0.4, -0.2) is 23.0 Å². The fourth-order valence-electron chi connectivity index (χ4n) is 2.72. The summed E-state index contributed by atoms with van der Waals surface area (Å²) >= 11 is 0. The summed E-state index contributed by atoms with van der Waals surface area (Å²) in [7, 11) is 1.47. The first-order chi connectivity index (χ1) is 12.0. The lowest BCUT2D eigenvalue weighted by molar-refractivity contribution is 0.103. The highest BCUT2D eigenvalue weighted by molar-refractivity contribution is 6.17. The summed E-state index contributed by atoms with van der Waals surface area (Å²) in [6.07, 6.45) is 1.66. The number of para-hydroxylation sites is 1. The molecule has 25 heavy (non-hydrogen) atoms. The first kappa shape index (κ1) is 16.5. The minimum atomic E-state index is -0.322. The van der Waals surface area contributed by atoms with E-state index in [0.29, 0.717) is 33.4 Å². The van der Waals surface area contributed by atoms with E-state index in [-0.39, 0.29) is 17.1 Å². The van der Waals surface area contributed by atoms with Crippen LogP contribution >= 0.6 is 0 Å². The van der Waals surface area contributed by atoms with Gasteiger partial charge in [-0.1, -0.05) is 24.3 Å². The minimum absolute atomic E-state index is 0.00176. The standard InChI is InChI=1S/C20H17NO4/c1-12(9-13-7-8-18(25-2)17(22)10-13)20(24)15-11-19(23)21-16-6-4-3-5-14(15)16/h3-11,22H,1-2H3,(H,21,23)/b12-9+. The summed E-state index contributed by atoms with van der Waals surface area (Å²) in [5, 5.41) is 10.5. The van der Waals surface area contributed by atoms with E-state index in [4.69, 9.17) is 4.74 Å². The average Bonchev–Trinajstić information content (AvgIpc) is 2.60. The number of ether oxygens (including phenoxy) is 1. The zero-order chi connectivity index (χ0) is 18.0. The van der Waals surface area contributed by atoms with Crippen LogP contribution in [0.2, 0.25) is 0 Å². The van der Waals surface area contributed by atoms with Gasteiger partial charge in [0.15, 0.2) is 17.3 Å². The van der Waals surface area contributed by atoms with E-state index >= 15 is 0 Å². The maximum Gasteiger partial charge on any atom is 0.249 e. The second-order valence-electron chi connectivity index (χ2n) is 5.68. The predicted octanol–water partition coefficient (Wildman–Crippen LogP) is 3.53. The van der Waals surface area contributed by atoms with Gasteiger partial charge >= 0.3 is 0 Å². The van der Waals surface area contributed by atoms with Crippen molar-refractivity contribution in [2.75, 3.05) is 7.11 Å². The molecule has 3 rings (SSSR count). The molecular formula is C20H17NO4. The quantitative estimate of drug-likeness (QED) is 0.565. The molecule has 0 fully saturated rings. The summed E-state index contributed by atoms with van der Waals surface area (Å²) in [5.74, 6) is 0.123. The molecule has 0 amide bonds. The Kier molecular flexibility index (Phi) is 4.39. The van der Waals surface area contributed by atoms with Gasteiger partial charge in [0.2, 0.25) is 5.56 Å². The van der Waals surface area contributed by atoms with Crippen LogP contribution in [0.3, 0.4) is 0 Å². The largest absolute Gasteiger partial charge is 0.504 e. The third-order valence-corrected chi connectivity index (χ3v) is 3.94. The molecule has 2 aromatic carbocycles. The van der Waals surface area contributed by atoms with Gasteiger partial charge in [0.1, 0.15) is 0 Å². The highest BCUT2D eigenvalue weighted by Gasteiger charge is 2.13. The summed E-state index contributed by atoms with van der Waals surface area (Å²) in [4.78, 5) is 27.4. The zero-order valence-corrected chi connectivity index (χ0v) is 13.9. The van der Waals surface area contributed by atoms with E-state index in [1.807, 2.05) is 6.07 Å². The Balaban J connectivity index is 2.03. The molecule has 1 heterocycles. The van der Waals surface area contributed by atoms with Crippen LogP contribution in [0.4, 0.5) is 0 Å². The Morgan fingerprint density at radius 1 is 1.16 bits per heavy atom. The van der Waals surface area contributed by atoms with Crippen LogP contribution < -0.4 is 10.3 Å². The van der Waals surface area contributed by atoms with E-state index in [9.17, 15) is 14.7 Å². The Morgan fingerprint density at radius 3 is 2.64 bits per heavy atom. The smallest absolute Gasteiger partial charge is 0.249 e.